The van der Waals surface area contributed by atoms with E-state index in [0.29, 0.717) is 32.2 Å². The van der Waals surface area contributed by atoms with E-state index >= 15 is 0 Å². The first-order valence-electron chi connectivity index (χ1n) is 16.7. The molecule has 0 radical (unpaired) electrons. The van der Waals surface area contributed by atoms with Gasteiger partial charge in [-0.05, 0) is 71.9 Å². The molecule has 1 aliphatic rings. The van der Waals surface area contributed by atoms with Gasteiger partial charge in [0.2, 0.25) is 17.7 Å². The van der Waals surface area contributed by atoms with Crippen molar-refractivity contribution in [2.45, 2.75) is 62.6 Å². The Bertz CT molecular complexity index is 1650. The molecular weight excluding hydrogens is 617 g/mol. The van der Waals surface area contributed by atoms with Crippen molar-refractivity contribution in [3.63, 3.8) is 0 Å². The summed E-state index contributed by atoms with van der Waals surface area (Å²) in [4.78, 5) is 45.7. The van der Waals surface area contributed by atoms with Crippen LogP contribution in [0.1, 0.15) is 41.7 Å². The van der Waals surface area contributed by atoms with E-state index < -0.39 is 12.1 Å². The predicted molar refractivity (Wildman–Crippen MR) is 194 cm³/mol. The van der Waals surface area contributed by atoms with Crippen LogP contribution >= 0.6 is 11.3 Å². The number of thiophene rings is 1. The fourth-order valence-corrected chi connectivity index (χ4v) is 6.83. The molecule has 0 unspecified atom stereocenters. The van der Waals surface area contributed by atoms with Crippen LogP contribution in [0.25, 0.3) is 11.1 Å². The first-order valence-corrected chi connectivity index (χ1v) is 17.6. The van der Waals surface area contributed by atoms with Crippen molar-refractivity contribution < 1.29 is 14.4 Å². The SMILES string of the molecule is CN(C(=O)/C=C/CC1(N)CCC1)[C@H](Cc1ccc(-c2ccccc2)cc1)C(=O)N(C)[C@H](Cc1cccs1)C(=O)NCCc1ccccc1. The van der Waals surface area contributed by atoms with E-state index in [1.807, 2.05) is 96.4 Å². The Labute approximate surface area is 288 Å². The smallest absolute Gasteiger partial charge is 0.246 e. The van der Waals surface area contributed by atoms with Crippen LogP contribution in [0.4, 0.5) is 0 Å². The molecule has 3 aromatic carbocycles. The zero-order valence-corrected chi connectivity index (χ0v) is 28.7. The Kier molecular flexibility index (Phi) is 12.0. The standard InChI is InChI=1S/C40H46N4O3S/c1-43(37(45)17-9-23-40(41)24-11-25-40)36(28-31-18-20-33(21-19-31)32-14-7-4-8-15-32)39(47)44(2)35(29-34-16-10-27-48-34)38(46)42-26-22-30-12-5-3-6-13-30/h3-10,12-21,27,35-36H,11,22-26,28-29,41H2,1-2H3,(H,42,46)/b17-9+/t35-,36-/m1/s1. The highest BCUT2D eigenvalue weighted by Gasteiger charge is 2.35. The van der Waals surface area contributed by atoms with Crippen molar-refractivity contribution >= 4 is 29.1 Å². The molecular formula is C40H46N4O3S. The van der Waals surface area contributed by atoms with Crippen molar-refractivity contribution in [2.24, 2.45) is 5.73 Å². The molecule has 3 N–H and O–H groups in total. The molecule has 1 aliphatic carbocycles. The molecule has 0 spiro atoms. The van der Waals surface area contributed by atoms with Gasteiger partial charge in [-0.1, -0.05) is 97.1 Å². The summed E-state index contributed by atoms with van der Waals surface area (Å²) in [7, 11) is 3.34. The molecule has 0 saturated heterocycles. The molecule has 7 nitrogen and oxygen atoms in total. The number of nitrogens with zero attached hydrogens (tertiary/aromatic N) is 2. The van der Waals surface area contributed by atoms with Crippen molar-refractivity contribution in [2.75, 3.05) is 20.6 Å². The lowest BCUT2D eigenvalue weighted by Crippen LogP contribution is -2.56. The lowest BCUT2D eigenvalue weighted by molar-refractivity contribution is -0.146. The molecule has 0 aliphatic heterocycles. The molecule has 1 aromatic heterocycles. The quantitative estimate of drug-likeness (QED) is 0.152. The third-order valence-corrected chi connectivity index (χ3v) is 10.3. The average molecular weight is 663 g/mol. The van der Waals surface area contributed by atoms with Gasteiger partial charge in [0.05, 0.1) is 0 Å². The Hall–Kier alpha value is -4.53. The molecule has 250 valence electrons. The molecule has 4 aromatic rings. The van der Waals surface area contributed by atoms with Gasteiger partial charge < -0.3 is 20.9 Å². The Morgan fingerprint density at radius 3 is 2.10 bits per heavy atom. The Morgan fingerprint density at radius 2 is 1.48 bits per heavy atom. The number of benzene rings is 3. The second kappa shape index (κ2) is 16.5. The first-order chi connectivity index (χ1) is 23.2. The minimum absolute atomic E-state index is 0.219. The zero-order chi connectivity index (χ0) is 33.9. The molecule has 1 saturated carbocycles. The van der Waals surface area contributed by atoms with Crippen LogP contribution in [0, 0.1) is 0 Å². The van der Waals surface area contributed by atoms with Gasteiger partial charge in [-0.2, -0.15) is 0 Å². The van der Waals surface area contributed by atoms with Gasteiger partial charge in [0, 0.05) is 43.9 Å². The van der Waals surface area contributed by atoms with E-state index in [1.165, 1.54) is 15.9 Å². The molecule has 8 heteroatoms. The van der Waals surface area contributed by atoms with Gasteiger partial charge in [-0.3, -0.25) is 14.4 Å². The van der Waals surface area contributed by atoms with Crippen LogP contribution in [-0.2, 0) is 33.6 Å². The highest BCUT2D eigenvalue weighted by molar-refractivity contribution is 7.09. The fourth-order valence-electron chi connectivity index (χ4n) is 6.08. The minimum atomic E-state index is -0.826. The first kappa shape index (κ1) is 34.8. The second-order valence-corrected chi connectivity index (χ2v) is 13.9. The maximum absolute atomic E-state index is 14.5. The van der Waals surface area contributed by atoms with E-state index in [0.717, 1.165) is 46.4 Å². The maximum Gasteiger partial charge on any atom is 0.246 e. The number of carbonyl (C=O) groups excluding carboxylic acids is 3. The number of likely N-dealkylation sites (N-methyl/N-ethyl adjacent to an activating group) is 2. The largest absolute Gasteiger partial charge is 0.354 e. The summed E-state index contributed by atoms with van der Waals surface area (Å²) >= 11 is 1.56. The summed E-state index contributed by atoms with van der Waals surface area (Å²) in [5, 5.41) is 5.03. The molecule has 0 bridgehead atoms. The van der Waals surface area contributed by atoms with Crippen molar-refractivity contribution in [1.82, 2.24) is 15.1 Å². The van der Waals surface area contributed by atoms with E-state index in [4.69, 9.17) is 5.73 Å². The number of nitrogens with one attached hydrogen (secondary N) is 1. The zero-order valence-electron chi connectivity index (χ0n) is 27.9. The molecule has 5 rings (SSSR count). The van der Waals surface area contributed by atoms with Gasteiger partial charge in [-0.15, -0.1) is 11.3 Å². The summed E-state index contributed by atoms with van der Waals surface area (Å²) in [5.74, 6) is -0.781. The fraction of sp³-hybridized carbons (Fsp3) is 0.325. The second-order valence-electron chi connectivity index (χ2n) is 12.8. The highest BCUT2D eigenvalue weighted by Crippen LogP contribution is 2.32. The summed E-state index contributed by atoms with van der Waals surface area (Å²) in [6.45, 7) is 0.453. The van der Waals surface area contributed by atoms with Crippen LogP contribution in [0.2, 0.25) is 0 Å². The molecule has 1 fully saturated rings. The molecule has 2 atom stereocenters. The molecule has 48 heavy (non-hydrogen) atoms. The lowest BCUT2D eigenvalue weighted by atomic mass is 9.75. The molecule has 1 heterocycles. The number of hydrogen-bond donors (Lipinski definition) is 2. The van der Waals surface area contributed by atoms with Crippen LogP contribution in [-0.4, -0.2) is 65.8 Å². The van der Waals surface area contributed by atoms with E-state index in [2.05, 4.69) is 17.4 Å². The van der Waals surface area contributed by atoms with Crippen molar-refractivity contribution in [3.05, 3.63) is 131 Å². The van der Waals surface area contributed by atoms with Gasteiger partial charge in [0.25, 0.3) is 0 Å². The number of amides is 3. The summed E-state index contributed by atoms with van der Waals surface area (Å²) < 4.78 is 0. The highest BCUT2D eigenvalue weighted by atomic mass is 32.1. The molecule has 3 amide bonds. The van der Waals surface area contributed by atoms with E-state index in [1.54, 1.807) is 25.4 Å². The summed E-state index contributed by atoms with van der Waals surface area (Å²) in [6, 6.07) is 30.5. The monoisotopic (exact) mass is 662 g/mol. The summed E-state index contributed by atoms with van der Waals surface area (Å²) in [6.07, 6.45) is 8.36. The number of rotatable bonds is 15. The van der Waals surface area contributed by atoms with Gasteiger partial charge in [0.15, 0.2) is 0 Å². The van der Waals surface area contributed by atoms with Crippen LogP contribution < -0.4 is 11.1 Å². The van der Waals surface area contributed by atoms with Crippen molar-refractivity contribution in [3.8, 4) is 11.1 Å². The Morgan fingerprint density at radius 1 is 0.812 bits per heavy atom. The van der Waals surface area contributed by atoms with E-state index in [-0.39, 0.29) is 23.3 Å². The summed E-state index contributed by atoms with van der Waals surface area (Å²) in [5.41, 5.74) is 10.4. The van der Waals surface area contributed by atoms with Crippen LogP contribution in [0.3, 0.4) is 0 Å². The minimum Gasteiger partial charge on any atom is -0.354 e. The topological polar surface area (TPSA) is 95.7 Å². The van der Waals surface area contributed by atoms with Gasteiger partial charge >= 0.3 is 0 Å². The number of hydrogen-bond acceptors (Lipinski definition) is 5. The number of nitrogens with two attached hydrogens (primary N) is 1. The van der Waals surface area contributed by atoms with Crippen LogP contribution in [0.15, 0.2) is 115 Å². The van der Waals surface area contributed by atoms with Gasteiger partial charge in [0.1, 0.15) is 12.1 Å². The third kappa shape index (κ3) is 9.30. The predicted octanol–water partition coefficient (Wildman–Crippen LogP) is 6.04. The third-order valence-electron chi connectivity index (χ3n) is 9.37. The maximum atomic E-state index is 14.5. The van der Waals surface area contributed by atoms with Gasteiger partial charge in [-0.25, -0.2) is 0 Å². The van der Waals surface area contributed by atoms with Crippen molar-refractivity contribution in [1.29, 1.82) is 0 Å². The number of carbonyl (C=O) groups is 3. The van der Waals surface area contributed by atoms with E-state index in [9.17, 15) is 14.4 Å². The average Bonchev–Trinajstić information content (AvgIpc) is 3.62. The Balaban J connectivity index is 1.36. The lowest BCUT2D eigenvalue weighted by Gasteiger charge is -2.37. The van der Waals surface area contributed by atoms with Crippen LogP contribution in [0.5, 0.6) is 0 Å². The normalized spacial score (nSPS) is 14.9.